The number of benzene rings is 2. The summed E-state index contributed by atoms with van der Waals surface area (Å²) in [5.74, 6) is -7.21. The highest BCUT2D eigenvalue weighted by atomic mass is 32.2. The van der Waals surface area contributed by atoms with Crippen LogP contribution in [0.25, 0.3) is 11.1 Å². The minimum absolute atomic E-state index is 0.0116. The van der Waals surface area contributed by atoms with Crippen molar-refractivity contribution in [3.8, 4) is 16.9 Å². The molecule has 0 spiro atoms. The number of aliphatic hydroxyl groups is 3. The minimum atomic E-state index is -3.86. The van der Waals surface area contributed by atoms with Crippen LogP contribution in [-0.2, 0) is 80.1 Å². The molecule has 4 saturated heterocycles. The average molecular weight is 1890 g/mol. The number of amides is 5. The molecule has 9 heterocycles. The number of anilines is 3. The van der Waals surface area contributed by atoms with Crippen LogP contribution in [0.3, 0.4) is 0 Å². The molecule has 7 N–H and O–H groups in total. The predicted molar refractivity (Wildman–Crippen MR) is 504 cm³/mol. The van der Waals surface area contributed by atoms with Crippen LogP contribution in [0.1, 0.15) is 169 Å². The number of aliphatic hydroxyl groups excluding tert-OH is 2. The molecular formula is C99H136N14O21S. The van der Waals surface area contributed by atoms with Crippen molar-refractivity contribution < 1.29 is 100.0 Å². The first kappa shape index (κ1) is 103. The van der Waals surface area contributed by atoms with Gasteiger partial charge in [0.25, 0.3) is 23.5 Å². The van der Waals surface area contributed by atoms with E-state index in [2.05, 4.69) is 40.5 Å². The molecule has 0 radical (unpaired) electrons. The van der Waals surface area contributed by atoms with Crippen molar-refractivity contribution in [2.24, 2.45) is 35.5 Å². The van der Waals surface area contributed by atoms with Gasteiger partial charge in [-0.1, -0.05) is 77.1 Å². The standard InChI is InChI=1S/C99H136N14O21S/c1-62-17-13-12-14-18-63(2)83(127-9)53-76-24-20-69(8)99(124,134-76)91(118)94(121)113-32-16-15-19-79(113)95(122)132-84(54-80(114)65(4)48-68(7)89(117)90(129-11)88(116)67(6)47-62)66(5)49-70-21-27-82(85(51-70)128-10)133-98(123)107-57-71-55-103-96(104-56-71)111-39-37-109(38-40-111)87(115)30-43-130-44-41-108-33-35-110(36-34-108)97-105-59-75(60-106-97)92(119)101-31-46-135(125,126)77-25-26-78(64(3)50-77)93(120)112-42-45-131-81-28-22-72(52-74(81)61-112)73-23-29-86(100)102-58-73/h12-14,17-18,22-23,25-26,28-29,48,50,52,55-56,58-60,62,65-67,69-70,76,79-80,82-85,89-90,114,117,124H,15-16,19-21,24,27,30-47,49,51,53-54,57,61H2,1-11H3,(H2,100,102)(H,101,119)(H,107,123)/b14-12?,17-13+,63-18?,68-48+/t62-,65-,66-,67-,69-,70+,76+,79+,80-,82-,83+,84+,85-,89-,90+,99-/m1/s1. The summed E-state index contributed by atoms with van der Waals surface area (Å²) in [5, 5.41) is 41.6. The van der Waals surface area contributed by atoms with Gasteiger partial charge < -0.3 is 94.1 Å². The fourth-order valence-corrected chi connectivity index (χ4v) is 20.2. The lowest BCUT2D eigenvalue weighted by atomic mass is 9.78. The highest BCUT2D eigenvalue weighted by molar-refractivity contribution is 7.91. The molecule has 2 aromatic carbocycles. The van der Waals surface area contributed by atoms with E-state index in [0.717, 1.165) is 22.3 Å². The number of nitrogens with one attached hydrogen (secondary N) is 2. The van der Waals surface area contributed by atoms with Crippen molar-refractivity contribution in [1.82, 2.24) is 55.2 Å². The summed E-state index contributed by atoms with van der Waals surface area (Å²) in [6.07, 6.45) is 16.5. The molecule has 1 saturated carbocycles. The lowest BCUT2D eigenvalue weighted by molar-refractivity contribution is -0.265. The third-order valence-electron chi connectivity index (χ3n) is 27.4. The summed E-state index contributed by atoms with van der Waals surface area (Å²) >= 11 is 0. The SMILES string of the molecule is CO[C@H]1C[C@@H]2CC[C@@H](C)[C@@](O)(O2)C(=O)C(=O)N2CCCC[C@H]2C(=O)O[C@H]([C@H](C)C[C@@H]2CC[C@@H](OC(=O)NCc3cnc(N4CCN(C(=O)CCOCCN5CCN(c6ncc(C(=O)NCCS(=O)(=O)c7ccc(C(=O)N8CCOc9ccc(-c%10ccc(N)nc%10)cc9C8)c(C)c7)cn6)CC5)CC4)nc3)[C@H](OC)C2)C[C@@H](O)[C@H](C)/C=C(\C)[C@@H](O)[C@@H](OC)C(=O)[C@H](C)C[C@H](C)/C=C/C=CC=C1C. The third-order valence-corrected chi connectivity index (χ3v) is 29.1. The molecule has 36 heteroatoms. The van der Waals surface area contributed by atoms with Crippen LogP contribution in [0.5, 0.6) is 5.75 Å². The maximum absolute atomic E-state index is 14.9. The van der Waals surface area contributed by atoms with Crippen molar-refractivity contribution >= 4 is 74.8 Å². The number of ketones is 2. The summed E-state index contributed by atoms with van der Waals surface area (Å²) in [7, 11) is 0.645. The Morgan fingerprint density at radius 2 is 1.42 bits per heavy atom. The molecule has 734 valence electrons. The number of ether oxygens (including phenoxy) is 8. The van der Waals surface area contributed by atoms with Crippen molar-refractivity contribution in [2.45, 2.75) is 218 Å². The van der Waals surface area contributed by atoms with Gasteiger partial charge in [-0.3, -0.25) is 33.7 Å². The van der Waals surface area contributed by atoms with E-state index in [-0.39, 0.29) is 111 Å². The second kappa shape index (κ2) is 48.5. The molecule has 5 aromatic rings. The number of rotatable bonds is 24. The molecule has 3 aromatic heterocycles. The van der Waals surface area contributed by atoms with Crippen LogP contribution in [0, 0.1) is 42.4 Å². The highest BCUT2D eigenvalue weighted by Gasteiger charge is 2.53. The van der Waals surface area contributed by atoms with Gasteiger partial charge in [-0.2, -0.15) is 0 Å². The summed E-state index contributed by atoms with van der Waals surface area (Å²) in [6.45, 7) is 21.3. The van der Waals surface area contributed by atoms with E-state index in [1.165, 1.54) is 42.6 Å². The molecule has 5 amide bonds. The summed E-state index contributed by atoms with van der Waals surface area (Å²) in [5.41, 5.74) is 11.3. The number of pyridine rings is 1. The van der Waals surface area contributed by atoms with Crippen molar-refractivity contribution in [3.63, 3.8) is 0 Å². The Bertz CT molecular complexity index is 5130. The smallest absolute Gasteiger partial charge is 0.407 e. The first-order valence-electron chi connectivity index (χ1n) is 47.4. The van der Waals surface area contributed by atoms with Crippen LogP contribution in [0.4, 0.5) is 22.5 Å². The first-order valence-corrected chi connectivity index (χ1v) is 49.0. The van der Waals surface area contributed by atoms with Crippen LogP contribution in [-0.4, -0.2) is 302 Å². The third kappa shape index (κ3) is 27.5. The van der Waals surface area contributed by atoms with E-state index >= 15 is 0 Å². The number of aryl methyl sites for hydroxylation is 1. The van der Waals surface area contributed by atoms with E-state index in [1.54, 1.807) is 77.5 Å². The number of carbonyl (C=O) groups excluding carboxylic acids is 8. The molecule has 6 aliphatic heterocycles. The maximum Gasteiger partial charge on any atom is 0.407 e. The second-order valence-electron chi connectivity index (χ2n) is 37.2. The van der Waals surface area contributed by atoms with Crippen LogP contribution in [0.2, 0.25) is 0 Å². The van der Waals surface area contributed by atoms with E-state index in [9.17, 15) is 62.1 Å². The predicted octanol–water partition coefficient (Wildman–Crippen LogP) is 8.56. The number of nitrogen functional groups attached to an aromatic ring is 1. The normalized spacial score (nSPS) is 27.5. The monoisotopic (exact) mass is 1890 g/mol. The molecule has 7 aliphatic rings. The number of aromatic nitrogens is 5. The molecule has 5 fully saturated rings. The molecule has 0 unspecified atom stereocenters. The molecule has 35 nitrogen and oxygen atoms in total. The Morgan fingerprint density at radius 3 is 2.12 bits per heavy atom. The number of allylic oxidation sites excluding steroid dienone is 5. The number of hydrogen-bond donors (Lipinski definition) is 6. The molecule has 16 atom stereocenters. The number of hydrogen-bond acceptors (Lipinski definition) is 30. The number of cyclic esters (lactones) is 1. The van der Waals surface area contributed by atoms with Crippen LogP contribution >= 0.6 is 0 Å². The number of fused-ring (bicyclic) bond motifs is 4. The van der Waals surface area contributed by atoms with Crippen molar-refractivity contribution in [1.29, 1.82) is 0 Å². The van der Waals surface area contributed by atoms with Crippen LogP contribution in [0.15, 0.2) is 132 Å². The Hall–Kier alpha value is -10.5. The Kier molecular flexibility index (Phi) is 37.1. The molecule has 2 bridgehead atoms. The number of esters is 1. The lowest BCUT2D eigenvalue weighted by Crippen LogP contribution is -2.61. The Morgan fingerprint density at radius 1 is 0.704 bits per heavy atom. The largest absolute Gasteiger partial charge is 0.491 e. The molecule has 135 heavy (non-hydrogen) atoms. The quantitative estimate of drug-likeness (QED) is 0.0146. The summed E-state index contributed by atoms with van der Waals surface area (Å²) in [4.78, 5) is 145. The van der Waals surface area contributed by atoms with Gasteiger partial charge in [0.1, 0.15) is 48.6 Å². The summed E-state index contributed by atoms with van der Waals surface area (Å²) < 4.78 is 75.3. The maximum atomic E-state index is 14.9. The van der Waals surface area contributed by atoms with Crippen molar-refractivity contribution in [3.05, 3.63) is 155 Å². The number of alkyl carbamates (subject to hydrolysis) is 1. The van der Waals surface area contributed by atoms with Crippen molar-refractivity contribution in [2.75, 3.05) is 141 Å². The van der Waals surface area contributed by atoms with E-state index < -0.39 is 124 Å². The minimum Gasteiger partial charge on any atom is -0.491 e. The molecular weight excluding hydrogens is 1750 g/mol. The second-order valence-corrected chi connectivity index (χ2v) is 39.3. The number of nitrogens with zero attached hydrogens (tertiary/aromatic N) is 11. The summed E-state index contributed by atoms with van der Waals surface area (Å²) in [6, 6.07) is 12.6. The van der Waals surface area contributed by atoms with Gasteiger partial charge in [0.05, 0.1) is 66.8 Å². The Labute approximate surface area is 791 Å². The van der Waals surface area contributed by atoms with Gasteiger partial charge in [0.2, 0.25) is 23.6 Å². The zero-order chi connectivity index (χ0) is 96.8. The zero-order valence-corrected chi connectivity index (χ0v) is 80.5. The van der Waals surface area contributed by atoms with E-state index in [1.807, 2.05) is 97.0 Å². The first-order chi connectivity index (χ1) is 64.7. The number of carbonyl (C=O) groups is 8. The Balaban J connectivity index is 0.548. The van der Waals surface area contributed by atoms with Gasteiger partial charge in [0, 0.05) is 190 Å². The topological polar surface area (TPSA) is 439 Å². The van der Waals surface area contributed by atoms with Gasteiger partial charge in [-0.05, 0) is 167 Å². The number of sulfone groups is 1. The van der Waals surface area contributed by atoms with Gasteiger partial charge in [-0.15, -0.1) is 0 Å². The van der Waals surface area contributed by atoms with E-state index in [0.29, 0.717) is 176 Å². The fraction of sp³-hybridized carbons (Fsp3) is 0.586. The number of nitrogens with two attached hydrogens (primary N) is 1. The van der Waals surface area contributed by atoms with Gasteiger partial charge in [-0.25, -0.2) is 42.9 Å². The van der Waals surface area contributed by atoms with Gasteiger partial charge >= 0.3 is 12.1 Å². The highest BCUT2D eigenvalue weighted by Crippen LogP contribution is 2.40. The number of methoxy groups -OCH3 is 3. The fourth-order valence-electron chi connectivity index (χ4n) is 19.0. The number of piperidine rings is 1. The van der Waals surface area contributed by atoms with Crippen LogP contribution < -0.4 is 30.9 Å². The number of Topliss-reactive ketones (excluding diaryl/α,β-unsaturated/α-hetero) is 2. The lowest BCUT2D eigenvalue weighted by Gasteiger charge is -2.43. The average Bonchev–Trinajstić information content (AvgIpc) is 1.09. The van der Waals surface area contributed by atoms with Gasteiger partial charge in [0.15, 0.2) is 15.6 Å². The number of piperazine rings is 2. The van der Waals surface area contributed by atoms with E-state index in [4.69, 9.17) is 43.6 Å². The zero-order valence-electron chi connectivity index (χ0n) is 79.6. The molecule has 12 rings (SSSR count). The molecule has 1 aliphatic carbocycles.